The highest BCUT2D eigenvalue weighted by Gasteiger charge is 2.35. The summed E-state index contributed by atoms with van der Waals surface area (Å²) in [5, 5.41) is 2.72. The molecule has 1 fully saturated rings. The van der Waals surface area contributed by atoms with Crippen LogP contribution < -0.4 is 19.5 Å². The number of hydrogen-bond acceptors (Lipinski definition) is 9. The first-order chi connectivity index (χ1) is 22.4. The third-order valence-electron chi connectivity index (χ3n) is 7.91. The quantitative estimate of drug-likeness (QED) is 0.201. The van der Waals surface area contributed by atoms with E-state index in [1.807, 2.05) is 30.3 Å². The molecule has 1 aliphatic rings. The van der Waals surface area contributed by atoms with Crippen molar-refractivity contribution in [3.63, 3.8) is 0 Å². The molecule has 10 nitrogen and oxygen atoms in total. The van der Waals surface area contributed by atoms with Crippen molar-refractivity contribution in [1.82, 2.24) is 10.3 Å². The van der Waals surface area contributed by atoms with Gasteiger partial charge in [-0.15, -0.1) is 13.2 Å². The number of cyclic esters (lactones) is 1. The maximum Gasteiger partial charge on any atom is 0.573 e. The van der Waals surface area contributed by atoms with Crippen LogP contribution in [0.25, 0.3) is 0 Å². The molecule has 1 aliphatic heterocycles. The number of rotatable bonds is 11. The number of ether oxygens (including phenoxy) is 5. The Kier molecular flexibility index (Phi) is 12.0. The summed E-state index contributed by atoms with van der Waals surface area (Å²) >= 11 is 0. The summed E-state index contributed by atoms with van der Waals surface area (Å²) in [7, 11) is 1.37. The van der Waals surface area contributed by atoms with Crippen LogP contribution in [0.1, 0.15) is 54.7 Å². The number of aromatic nitrogens is 1. The number of hydrogen-bond donors (Lipinski definition) is 1. The number of nitrogens with zero attached hydrogens (tertiary/aromatic N) is 1. The molecule has 2 aromatic carbocycles. The molecule has 0 spiro atoms. The minimum absolute atomic E-state index is 0.0436. The van der Waals surface area contributed by atoms with Crippen LogP contribution in [0.2, 0.25) is 0 Å². The SMILES string of the molecule is COc1ccnc(C(=O)NC2CCCC(Cc3ccccc3)C(Cc3ccc(OC(F)(F)F)cc3)C(C)OC2=O)c1OCOC(C)=O. The number of methoxy groups -OCH3 is 1. The Morgan fingerprint density at radius 3 is 2.36 bits per heavy atom. The van der Waals surface area contributed by atoms with Crippen molar-refractivity contribution in [2.45, 2.75) is 64.5 Å². The van der Waals surface area contributed by atoms with Crippen LogP contribution in [0, 0.1) is 11.8 Å². The summed E-state index contributed by atoms with van der Waals surface area (Å²) in [6.07, 6.45) is -1.38. The number of benzene rings is 2. The third-order valence-corrected chi connectivity index (χ3v) is 7.91. The fourth-order valence-corrected chi connectivity index (χ4v) is 5.68. The van der Waals surface area contributed by atoms with Crippen LogP contribution >= 0.6 is 0 Å². The minimum atomic E-state index is -4.80. The predicted octanol–water partition coefficient (Wildman–Crippen LogP) is 5.82. The summed E-state index contributed by atoms with van der Waals surface area (Å²) in [6.45, 7) is 2.51. The predicted molar refractivity (Wildman–Crippen MR) is 163 cm³/mol. The van der Waals surface area contributed by atoms with E-state index in [9.17, 15) is 27.6 Å². The first-order valence-electron chi connectivity index (χ1n) is 15.1. The Bertz CT molecular complexity index is 1500. The molecular formula is C34H37F3N2O8. The summed E-state index contributed by atoms with van der Waals surface area (Å²) in [6, 6.07) is 16.0. The molecule has 2 heterocycles. The van der Waals surface area contributed by atoms with Gasteiger partial charge in [-0.1, -0.05) is 48.9 Å². The van der Waals surface area contributed by atoms with E-state index in [-0.39, 0.29) is 41.2 Å². The van der Waals surface area contributed by atoms with Gasteiger partial charge in [-0.25, -0.2) is 9.78 Å². The smallest absolute Gasteiger partial charge is 0.493 e. The number of nitrogens with one attached hydrogen (secondary N) is 1. The molecule has 0 aliphatic carbocycles. The van der Waals surface area contributed by atoms with E-state index in [0.29, 0.717) is 25.7 Å². The molecular weight excluding hydrogens is 621 g/mol. The largest absolute Gasteiger partial charge is 0.573 e. The number of amides is 1. The average molecular weight is 659 g/mol. The van der Waals surface area contributed by atoms with Crippen molar-refractivity contribution in [1.29, 1.82) is 0 Å². The van der Waals surface area contributed by atoms with Crippen LogP contribution in [0.5, 0.6) is 17.2 Å². The maximum atomic E-state index is 13.5. The van der Waals surface area contributed by atoms with Gasteiger partial charge in [0.25, 0.3) is 5.91 Å². The van der Waals surface area contributed by atoms with Crippen LogP contribution in [-0.2, 0) is 31.9 Å². The van der Waals surface area contributed by atoms with Gasteiger partial charge in [-0.3, -0.25) is 9.59 Å². The average Bonchev–Trinajstić information content (AvgIpc) is 3.07. The van der Waals surface area contributed by atoms with Gasteiger partial charge in [0.15, 0.2) is 17.2 Å². The summed E-state index contributed by atoms with van der Waals surface area (Å²) in [4.78, 5) is 42.3. The number of esters is 2. The van der Waals surface area contributed by atoms with Crippen molar-refractivity contribution in [3.05, 3.63) is 83.7 Å². The molecule has 1 saturated heterocycles. The van der Waals surface area contributed by atoms with E-state index in [0.717, 1.165) is 11.1 Å². The highest BCUT2D eigenvalue weighted by atomic mass is 19.4. The van der Waals surface area contributed by atoms with Crippen molar-refractivity contribution < 1.29 is 51.2 Å². The summed E-state index contributed by atoms with van der Waals surface area (Å²) in [5.74, 6) is -2.28. The normalized spacial score (nSPS) is 20.1. The topological polar surface area (TPSA) is 122 Å². The molecule has 47 heavy (non-hydrogen) atoms. The molecule has 1 N–H and O–H groups in total. The van der Waals surface area contributed by atoms with Gasteiger partial charge in [0.2, 0.25) is 6.79 Å². The fraction of sp³-hybridized carbons (Fsp3) is 0.412. The molecule has 0 bridgehead atoms. The van der Waals surface area contributed by atoms with Gasteiger partial charge >= 0.3 is 18.3 Å². The van der Waals surface area contributed by atoms with Gasteiger partial charge in [0.1, 0.15) is 17.9 Å². The maximum absolute atomic E-state index is 13.5. The number of pyridine rings is 1. The molecule has 1 aromatic heterocycles. The van der Waals surface area contributed by atoms with Gasteiger partial charge in [-0.2, -0.15) is 0 Å². The molecule has 252 valence electrons. The first kappa shape index (κ1) is 35.1. The van der Waals surface area contributed by atoms with Crippen LogP contribution in [0.15, 0.2) is 66.9 Å². The van der Waals surface area contributed by atoms with E-state index in [1.165, 1.54) is 38.4 Å². The van der Waals surface area contributed by atoms with E-state index in [4.69, 9.17) is 18.9 Å². The first-order valence-corrected chi connectivity index (χ1v) is 15.1. The molecule has 13 heteroatoms. The zero-order chi connectivity index (χ0) is 34.0. The lowest BCUT2D eigenvalue weighted by molar-refractivity contribution is -0.274. The zero-order valence-electron chi connectivity index (χ0n) is 26.2. The highest BCUT2D eigenvalue weighted by molar-refractivity contribution is 5.98. The zero-order valence-corrected chi connectivity index (χ0v) is 26.2. The van der Waals surface area contributed by atoms with E-state index < -0.39 is 43.1 Å². The fourth-order valence-electron chi connectivity index (χ4n) is 5.68. The molecule has 4 unspecified atom stereocenters. The van der Waals surface area contributed by atoms with Crippen molar-refractivity contribution in [3.8, 4) is 17.2 Å². The van der Waals surface area contributed by atoms with Gasteiger partial charge in [0, 0.05) is 25.1 Å². The lowest BCUT2D eigenvalue weighted by Gasteiger charge is -2.31. The number of halogens is 3. The van der Waals surface area contributed by atoms with E-state index in [2.05, 4.69) is 15.0 Å². The molecule has 4 atom stereocenters. The lowest BCUT2D eigenvalue weighted by Crippen LogP contribution is -2.43. The number of alkyl halides is 3. The lowest BCUT2D eigenvalue weighted by atomic mass is 9.77. The Hall–Kier alpha value is -4.81. The van der Waals surface area contributed by atoms with Crippen LogP contribution in [-0.4, -0.2) is 55.2 Å². The Morgan fingerprint density at radius 1 is 1.00 bits per heavy atom. The van der Waals surface area contributed by atoms with Crippen molar-refractivity contribution in [2.24, 2.45) is 11.8 Å². The monoisotopic (exact) mass is 658 g/mol. The van der Waals surface area contributed by atoms with Crippen molar-refractivity contribution in [2.75, 3.05) is 13.9 Å². The second kappa shape index (κ2) is 16.1. The molecule has 3 aromatic rings. The second-order valence-corrected chi connectivity index (χ2v) is 11.2. The van der Waals surface area contributed by atoms with Gasteiger partial charge in [0.05, 0.1) is 7.11 Å². The molecule has 0 radical (unpaired) electrons. The minimum Gasteiger partial charge on any atom is -0.493 e. The standard InChI is InChI=1S/C34H37F3N2O8/c1-21-27(19-24-12-14-26(15-13-24)47-34(35,36)37)25(18-23-8-5-4-6-9-23)10-7-11-28(33(42)46-21)39-32(41)30-31(45-20-44-22(2)40)29(43-3)16-17-38-30/h4-6,8-9,12-17,21,25,27-28H,7,10-11,18-20H2,1-3H3,(H,39,41). The third kappa shape index (κ3) is 10.3. The Balaban J connectivity index is 1.54. The molecule has 1 amide bonds. The highest BCUT2D eigenvalue weighted by Crippen LogP contribution is 2.34. The van der Waals surface area contributed by atoms with Crippen LogP contribution in [0.3, 0.4) is 0 Å². The van der Waals surface area contributed by atoms with E-state index >= 15 is 0 Å². The Labute approximate surface area is 270 Å². The van der Waals surface area contributed by atoms with Gasteiger partial charge < -0.3 is 29.0 Å². The molecule has 0 saturated carbocycles. The second-order valence-electron chi connectivity index (χ2n) is 11.2. The number of carbonyl (C=O) groups excluding carboxylic acids is 3. The van der Waals surface area contributed by atoms with Gasteiger partial charge in [-0.05, 0) is 61.8 Å². The van der Waals surface area contributed by atoms with Crippen molar-refractivity contribution >= 4 is 17.8 Å². The number of carbonyl (C=O) groups is 3. The molecule has 4 rings (SSSR count). The Morgan fingerprint density at radius 2 is 1.70 bits per heavy atom. The summed E-state index contributed by atoms with van der Waals surface area (Å²) < 4.78 is 63.7. The van der Waals surface area contributed by atoms with E-state index in [1.54, 1.807) is 19.1 Å². The summed E-state index contributed by atoms with van der Waals surface area (Å²) in [5.41, 5.74) is 1.69. The van der Waals surface area contributed by atoms with Crippen LogP contribution in [0.4, 0.5) is 13.2 Å².